The average Bonchev–Trinajstić information content (AvgIpc) is 2.80. The van der Waals surface area contributed by atoms with Gasteiger partial charge >= 0.3 is 5.97 Å². The van der Waals surface area contributed by atoms with Gasteiger partial charge in [0.2, 0.25) is 0 Å². The predicted molar refractivity (Wildman–Crippen MR) is 65.4 cm³/mol. The highest BCUT2D eigenvalue weighted by Crippen LogP contribution is 2.26. The fourth-order valence-electron chi connectivity index (χ4n) is 2.31. The van der Waals surface area contributed by atoms with Gasteiger partial charge in [0, 0.05) is 6.54 Å². The molecular formula is C12H20N4O2. The van der Waals surface area contributed by atoms with Crippen molar-refractivity contribution in [1.29, 1.82) is 0 Å². The quantitative estimate of drug-likeness (QED) is 0.803. The molecule has 1 heterocycles. The van der Waals surface area contributed by atoms with Gasteiger partial charge in [0.15, 0.2) is 0 Å². The molecule has 2 atom stereocenters. The second-order valence-electron chi connectivity index (χ2n) is 4.90. The molecule has 2 unspecified atom stereocenters. The Morgan fingerprint density at radius 2 is 2.33 bits per heavy atom. The van der Waals surface area contributed by atoms with Crippen molar-refractivity contribution in [3.05, 3.63) is 11.9 Å². The van der Waals surface area contributed by atoms with Crippen molar-refractivity contribution in [2.24, 2.45) is 11.7 Å². The summed E-state index contributed by atoms with van der Waals surface area (Å²) in [5.41, 5.74) is 6.10. The standard InChI is InChI=1S/C12H20N4O2/c1-9-4-2-3-5-11(9)18-12(17)8-16-7-10(6-13)14-15-16/h7,9,11H,2-6,8,13H2,1H3. The van der Waals surface area contributed by atoms with E-state index < -0.39 is 0 Å². The summed E-state index contributed by atoms with van der Waals surface area (Å²) in [4.78, 5) is 11.8. The van der Waals surface area contributed by atoms with Gasteiger partial charge in [-0.2, -0.15) is 0 Å². The molecule has 1 aromatic heterocycles. The van der Waals surface area contributed by atoms with Crippen molar-refractivity contribution >= 4 is 5.97 Å². The van der Waals surface area contributed by atoms with Gasteiger partial charge in [0.05, 0.1) is 11.9 Å². The van der Waals surface area contributed by atoms with E-state index in [1.807, 2.05) is 0 Å². The Labute approximate surface area is 106 Å². The summed E-state index contributed by atoms with van der Waals surface area (Å²) in [6.45, 7) is 2.57. The topological polar surface area (TPSA) is 83.0 Å². The fourth-order valence-corrected chi connectivity index (χ4v) is 2.31. The Morgan fingerprint density at radius 1 is 1.56 bits per heavy atom. The first-order valence-corrected chi connectivity index (χ1v) is 6.47. The smallest absolute Gasteiger partial charge is 0.328 e. The van der Waals surface area contributed by atoms with E-state index in [9.17, 15) is 4.79 Å². The molecule has 0 spiro atoms. The largest absolute Gasteiger partial charge is 0.461 e. The van der Waals surface area contributed by atoms with Gasteiger partial charge in [-0.05, 0) is 25.2 Å². The van der Waals surface area contributed by atoms with Crippen molar-refractivity contribution < 1.29 is 9.53 Å². The number of carbonyl (C=O) groups is 1. The van der Waals surface area contributed by atoms with Crippen LogP contribution in [-0.2, 0) is 22.6 Å². The van der Waals surface area contributed by atoms with E-state index in [1.54, 1.807) is 6.20 Å². The number of hydrogen-bond donors (Lipinski definition) is 1. The van der Waals surface area contributed by atoms with Crippen molar-refractivity contribution in [3.8, 4) is 0 Å². The Morgan fingerprint density at radius 3 is 3.00 bits per heavy atom. The van der Waals surface area contributed by atoms with Crippen LogP contribution in [0, 0.1) is 5.92 Å². The van der Waals surface area contributed by atoms with Crippen LogP contribution in [0.4, 0.5) is 0 Å². The molecular weight excluding hydrogens is 232 g/mol. The van der Waals surface area contributed by atoms with Gasteiger partial charge < -0.3 is 10.5 Å². The minimum absolute atomic E-state index is 0.0590. The molecule has 2 N–H and O–H groups in total. The lowest BCUT2D eigenvalue weighted by atomic mass is 9.88. The molecule has 0 aliphatic heterocycles. The first-order valence-electron chi connectivity index (χ1n) is 6.47. The van der Waals surface area contributed by atoms with Crippen molar-refractivity contribution in [3.63, 3.8) is 0 Å². The number of rotatable bonds is 4. The van der Waals surface area contributed by atoms with E-state index in [2.05, 4.69) is 17.2 Å². The maximum Gasteiger partial charge on any atom is 0.328 e. The Hall–Kier alpha value is -1.43. The molecule has 0 aromatic carbocycles. The van der Waals surface area contributed by atoms with Gasteiger partial charge in [0.25, 0.3) is 0 Å². The first-order chi connectivity index (χ1) is 8.69. The highest BCUT2D eigenvalue weighted by molar-refractivity contribution is 5.69. The van der Waals surface area contributed by atoms with Crippen molar-refractivity contribution in [2.75, 3.05) is 0 Å². The third-order valence-electron chi connectivity index (χ3n) is 3.40. The lowest BCUT2D eigenvalue weighted by Crippen LogP contribution is -2.29. The van der Waals surface area contributed by atoms with Crippen molar-refractivity contribution in [2.45, 2.75) is 51.8 Å². The maximum absolute atomic E-state index is 11.8. The SMILES string of the molecule is CC1CCCCC1OC(=O)Cn1cc(CN)nn1. The van der Waals surface area contributed by atoms with E-state index in [1.165, 1.54) is 11.1 Å². The van der Waals surface area contributed by atoms with Crippen LogP contribution >= 0.6 is 0 Å². The number of nitrogens with zero attached hydrogens (tertiary/aromatic N) is 3. The summed E-state index contributed by atoms with van der Waals surface area (Å²) in [6, 6.07) is 0. The summed E-state index contributed by atoms with van der Waals surface area (Å²) >= 11 is 0. The molecule has 0 radical (unpaired) electrons. The second kappa shape index (κ2) is 5.95. The summed E-state index contributed by atoms with van der Waals surface area (Å²) in [6.07, 6.45) is 6.22. The van der Waals surface area contributed by atoms with Crippen LogP contribution in [0.1, 0.15) is 38.3 Å². The van der Waals surface area contributed by atoms with E-state index in [4.69, 9.17) is 10.5 Å². The van der Waals surface area contributed by atoms with E-state index in [-0.39, 0.29) is 18.6 Å². The van der Waals surface area contributed by atoms with E-state index in [0.717, 1.165) is 19.3 Å². The van der Waals surface area contributed by atoms with Crippen LogP contribution in [0.25, 0.3) is 0 Å². The summed E-state index contributed by atoms with van der Waals surface area (Å²) in [5, 5.41) is 7.65. The van der Waals surface area contributed by atoms with Gasteiger partial charge in [-0.1, -0.05) is 18.6 Å². The third kappa shape index (κ3) is 3.29. The highest BCUT2D eigenvalue weighted by Gasteiger charge is 2.24. The summed E-state index contributed by atoms with van der Waals surface area (Å²) < 4.78 is 6.96. The van der Waals surface area contributed by atoms with E-state index in [0.29, 0.717) is 18.2 Å². The molecule has 6 heteroatoms. The zero-order valence-electron chi connectivity index (χ0n) is 10.7. The molecule has 2 rings (SSSR count). The Bertz CT molecular complexity index is 405. The Kier molecular flexibility index (Phi) is 4.30. The van der Waals surface area contributed by atoms with Crippen LogP contribution < -0.4 is 5.73 Å². The Balaban J connectivity index is 1.84. The number of nitrogens with two attached hydrogens (primary N) is 1. The molecule has 18 heavy (non-hydrogen) atoms. The number of aromatic nitrogens is 3. The van der Waals surface area contributed by atoms with Gasteiger partial charge in [-0.15, -0.1) is 5.10 Å². The molecule has 6 nitrogen and oxygen atoms in total. The zero-order chi connectivity index (χ0) is 13.0. The minimum atomic E-state index is -0.248. The number of ether oxygens (including phenoxy) is 1. The normalized spacial score (nSPS) is 23.9. The molecule has 1 fully saturated rings. The highest BCUT2D eigenvalue weighted by atomic mass is 16.5. The zero-order valence-corrected chi connectivity index (χ0v) is 10.7. The van der Waals surface area contributed by atoms with Crippen LogP contribution in [0.5, 0.6) is 0 Å². The lowest BCUT2D eigenvalue weighted by Gasteiger charge is -2.28. The average molecular weight is 252 g/mol. The van der Waals surface area contributed by atoms with Crippen LogP contribution in [0.15, 0.2) is 6.20 Å². The van der Waals surface area contributed by atoms with Gasteiger partial charge in [-0.25, -0.2) is 4.68 Å². The van der Waals surface area contributed by atoms with E-state index >= 15 is 0 Å². The second-order valence-corrected chi connectivity index (χ2v) is 4.90. The lowest BCUT2D eigenvalue weighted by molar-refractivity contribution is -0.154. The first kappa shape index (κ1) is 13.0. The molecule has 100 valence electrons. The van der Waals surface area contributed by atoms with Gasteiger partial charge in [0.1, 0.15) is 12.6 Å². The predicted octanol–water partition coefficient (Wildman–Crippen LogP) is 0.859. The molecule has 1 aromatic rings. The molecule has 1 aliphatic carbocycles. The number of esters is 1. The van der Waals surface area contributed by atoms with Gasteiger partial charge in [-0.3, -0.25) is 4.79 Å². The molecule has 0 bridgehead atoms. The van der Waals surface area contributed by atoms with Crippen LogP contribution in [-0.4, -0.2) is 27.1 Å². The number of carbonyl (C=O) groups excluding carboxylic acids is 1. The summed E-state index contributed by atoms with van der Waals surface area (Å²) in [5.74, 6) is 0.209. The molecule has 0 amide bonds. The fraction of sp³-hybridized carbons (Fsp3) is 0.750. The monoisotopic (exact) mass is 252 g/mol. The maximum atomic E-state index is 11.8. The third-order valence-corrected chi connectivity index (χ3v) is 3.40. The van der Waals surface area contributed by atoms with Crippen molar-refractivity contribution in [1.82, 2.24) is 15.0 Å². The molecule has 0 saturated heterocycles. The molecule has 1 saturated carbocycles. The number of hydrogen-bond acceptors (Lipinski definition) is 5. The molecule has 1 aliphatic rings. The van der Waals surface area contributed by atoms with Crippen LogP contribution in [0.2, 0.25) is 0 Å². The minimum Gasteiger partial charge on any atom is -0.461 e. The van der Waals surface area contributed by atoms with Crippen LogP contribution in [0.3, 0.4) is 0 Å². The summed E-state index contributed by atoms with van der Waals surface area (Å²) in [7, 11) is 0.